The Bertz CT molecular complexity index is 357. The second-order valence-electron chi connectivity index (χ2n) is 7.32. The zero-order chi connectivity index (χ0) is 16.8. The van der Waals surface area contributed by atoms with E-state index in [9.17, 15) is 0 Å². The van der Waals surface area contributed by atoms with Crippen molar-refractivity contribution in [3.63, 3.8) is 0 Å². The molecular weight excluding hydrogens is 403 g/mol. The van der Waals surface area contributed by atoms with Gasteiger partial charge in [-0.15, -0.1) is 24.0 Å². The molecule has 0 aromatic rings. The summed E-state index contributed by atoms with van der Waals surface area (Å²) in [5.74, 6) is 0.953. The standard InChI is InChI=1S/C17H36N4O.HI/c1-8-21-11-9-10-14(21)13-20(6)16(18-5)19-12-15(22-7)17(2,3)4;/h14-15H,8-13H2,1-7H3,(H,18,19);1H. The molecular formula is C17H37IN4O. The molecule has 0 amide bonds. The zero-order valence-electron chi connectivity index (χ0n) is 16.1. The molecule has 1 N–H and O–H groups in total. The van der Waals surface area contributed by atoms with E-state index in [2.05, 4.69) is 54.9 Å². The average Bonchev–Trinajstić information content (AvgIpc) is 2.89. The normalized spacial score (nSPS) is 21.0. The highest BCUT2D eigenvalue weighted by molar-refractivity contribution is 14.0. The van der Waals surface area contributed by atoms with Crippen LogP contribution in [0.1, 0.15) is 40.5 Å². The fourth-order valence-electron chi connectivity index (χ4n) is 3.23. The van der Waals surface area contributed by atoms with Gasteiger partial charge in [0.1, 0.15) is 0 Å². The monoisotopic (exact) mass is 440 g/mol. The van der Waals surface area contributed by atoms with E-state index in [1.54, 1.807) is 7.11 Å². The second kappa shape index (κ2) is 10.7. The van der Waals surface area contributed by atoms with E-state index in [0.29, 0.717) is 6.04 Å². The fraction of sp³-hybridized carbons (Fsp3) is 0.941. The van der Waals surface area contributed by atoms with Gasteiger partial charge in [0.15, 0.2) is 5.96 Å². The first-order valence-corrected chi connectivity index (χ1v) is 8.52. The van der Waals surface area contributed by atoms with Crippen LogP contribution in [-0.4, -0.2) is 75.3 Å². The summed E-state index contributed by atoms with van der Waals surface area (Å²) < 4.78 is 5.61. The van der Waals surface area contributed by atoms with Crippen LogP contribution in [0.3, 0.4) is 0 Å². The number of ether oxygens (including phenoxy) is 1. The van der Waals surface area contributed by atoms with Gasteiger partial charge in [-0.3, -0.25) is 9.89 Å². The van der Waals surface area contributed by atoms with Gasteiger partial charge in [-0.2, -0.15) is 0 Å². The summed E-state index contributed by atoms with van der Waals surface area (Å²) in [6.45, 7) is 13.0. The number of nitrogens with one attached hydrogen (secondary N) is 1. The number of nitrogens with zero attached hydrogens (tertiary/aromatic N) is 3. The first kappa shape index (κ1) is 22.9. The Morgan fingerprint density at radius 1 is 1.43 bits per heavy atom. The predicted molar refractivity (Wildman–Crippen MR) is 110 cm³/mol. The number of likely N-dealkylation sites (N-methyl/N-ethyl adjacent to an activating group) is 2. The largest absolute Gasteiger partial charge is 0.379 e. The number of halogens is 1. The summed E-state index contributed by atoms with van der Waals surface area (Å²) in [7, 11) is 5.76. The molecule has 0 saturated carbocycles. The van der Waals surface area contributed by atoms with E-state index in [-0.39, 0.29) is 35.5 Å². The molecule has 5 nitrogen and oxygen atoms in total. The van der Waals surface area contributed by atoms with Crippen LogP contribution in [0.5, 0.6) is 0 Å². The number of hydrogen-bond acceptors (Lipinski definition) is 3. The molecule has 1 fully saturated rings. The quantitative estimate of drug-likeness (QED) is 0.392. The number of rotatable bonds is 6. The lowest BCUT2D eigenvalue weighted by Gasteiger charge is -2.33. The van der Waals surface area contributed by atoms with Crippen molar-refractivity contribution in [1.82, 2.24) is 15.1 Å². The number of likely N-dealkylation sites (tertiary alicyclic amines) is 1. The van der Waals surface area contributed by atoms with Gasteiger partial charge < -0.3 is 15.0 Å². The molecule has 0 aromatic heterocycles. The van der Waals surface area contributed by atoms with Gasteiger partial charge in [0.2, 0.25) is 0 Å². The zero-order valence-corrected chi connectivity index (χ0v) is 18.4. The highest BCUT2D eigenvalue weighted by Gasteiger charge is 2.27. The summed E-state index contributed by atoms with van der Waals surface area (Å²) in [5, 5.41) is 3.47. The van der Waals surface area contributed by atoms with Crippen molar-refractivity contribution >= 4 is 29.9 Å². The Morgan fingerprint density at radius 3 is 2.57 bits per heavy atom. The van der Waals surface area contributed by atoms with Crippen molar-refractivity contribution in [3.8, 4) is 0 Å². The molecule has 0 aliphatic carbocycles. The SMILES string of the molecule is CCN1CCCC1CN(C)C(=NC)NCC(OC)C(C)(C)C.I. The molecule has 0 spiro atoms. The third-order valence-electron chi connectivity index (χ3n) is 4.66. The van der Waals surface area contributed by atoms with Gasteiger partial charge >= 0.3 is 0 Å². The van der Waals surface area contributed by atoms with Crippen LogP contribution in [0.15, 0.2) is 4.99 Å². The third-order valence-corrected chi connectivity index (χ3v) is 4.66. The highest BCUT2D eigenvalue weighted by Crippen LogP contribution is 2.21. The molecule has 0 bridgehead atoms. The van der Waals surface area contributed by atoms with E-state index in [1.165, 1.54) is 19.4 Å². The summed E-state index contributed by atoms with van der Waals surface area (Å²) in [5.41, 5.74) is 0.115. The van der Waals surface area contributed by atoms with Crippen LogP contribution in [-0.2, 0) is 4.74 Å². The van der Waals surface area contributed by atoms with Crippen molar-refractivity contribution in [1.29, 1.82) is 0 Å². The topological polar surface area (TPSA) is 40.1 Å². The van der Waals surface area contributed by atoms with Crippen molar-refractivity contribution in [2.75, 3.05) is 47.4 Å². The molecule has 6 heteroatoms. The Balaban J connectivity index is 0.00000484. The number of aliphatic imine (C=N–C) groups is 1. The van der Waals surface area contributed by atoms with E-state index in [4.69, 9.17) is 4.74 Å². The maximum absolute atomic E-state index is 5.61. The molecule has 0 aromatic carbocycles. The lowest BCUT2D eigenvalue weighted by molar-refractivity contribution is 0.0201. The minimum absolute atomic E-state index is 0. The van der Waals surface area contributed by atoms with Crippen molar-refractivity contribution < 1.29 is 4.74 Å². The Morgan fingerprint density at radius 2 is 2.09 bits per heavy atom. The van der Waals surface area contributed by atoms with E-state index in [0.717, 1.165) is 25.6 Å². The molecule has 2 atom stereocenters. The average molecular weight is 440 g/mol. The first-order chi connectivity index (χ1) is 10.3. The van der Waals surface area contributed by atoms with E-state index in [1.807, 2.05) is 7.05 Å². The first-order valence-electron chi connectivity index (χ1n) is 8.52. The van der Waals surface area contributed by atoms with Gasteiger partial charge in [-0.1, -0.05) is 27.7 Å². The Kier molecular flexibility index (Phi) is 10.7. The van der Waals surface area contributed by atoms with Gasteiger partial charge in [0, 0.05) is 40.3 Å². The maximum atomic E-state index is 5.61. The lowest BCUT2D eigenvalue weighted by atomic mass is 9.89. The minimum atomic E-state index is 0. The molecule has 1 heterocycles. The third kappa shape index (κ3) is 7.13. The van der Waals surface area contributed by atoms with Gasteiger partial charge in [0.05, 0.1) is 6.10 Å². The summed E-state index contributed by atoms with van der Waals surface area (Å²) in [6, 6.07) is 0.648. The Labute approximate surface area is 160 Å². The van der Waals surface area contributed by atoms with E-state index < -0.39 is 0 Å². The van der Waals surface area contributed by atoms with Crippen molar-refractivity contribution in [2.24, 2.45) is 10.4 Å². The highest BCUT2D eigenvalue weighted by atomic mass is 127. The molecule has 1 saturated heterocycles. The van der Waals surface area contributed by atoms with Crippen LogP contribution >= 0.6 is 24.0 Å². The van der Waals surface area contributed by atoms with Crippen LogP contribution < -0.4 is 5.32 Å². The Hall–Kier alpha value is -0.0800. The summed E-state index contributed by atoms with van der Waals surface area (Å²) in [6.07, 6.45) is 2.77. The van der Waals surface area contributed by atoms with Crippen LogP contribution in [0.2, 0.25) is 0 Å². The second-order valence-corrected chi connectivity index (χ2v) is 7.32. The van der Waals surface area contributed by atoms with E-state index >= 15 is 0 Å². The number of guanidine groups is 1. The minimum Gasteiger partial charge on any atom is -0.379 e. The van der Waals surface area contributed by atoms with Crippen LogP contribution in [0, 0.1) is 5.41 Å². The fourth-order valence-corrected chi connectivity index (χ4v) is 3.23. The van der Waals surface area contributed by atoms with Crippen molar-refractivity contribution in [3.05, 3.63) is 0 Å². The van der Waals surface area contributed by atoms with Gasteiger partial charge in [-0.05, 0) is 31.3 Å². The van der Waals surface area contributed by atoms with Crippen molar-refractivity contribution in [2.45, 2.75) is 52.7 Å². The predicted octanol–water partition coefficient (Wildman–Crippen LogP) is 2.66. The molecule has 2 unspecified atom stereocenters. The van der Waals surface area contributed by atoms with Gasteiger partial charge in [-0.25, -0.2) is 0 Å². The summed E-state index contributed by atoms with van der Waals surface area (Å²) >= 11 is 0. The number of hydrogen-bond donors (Lipinski definition) is 1. The summed E-state index contributed by atoms with van der Waals surface area (Å²) in [4.78, 5) is 9.24. The molecule has 1 aliphatic rings. The number of methoxy groups -OCH3 is 1. The van der Waals surface area contributed by atoms with Crippen LogP contribution in [0.4, 0.5) is 0 Å². The smallest absolute Gasteiger partial charge is 0.193 e. The molecule has 0 radical (unpaired) electrons. The maximum Gasteiger partial charge on any atom is 0.193 e. The molecule has 1 rings (SSSR count). The molecule has 23 heavy (non-hydrogen) atoms. The van der Waals surface area contributed by atoms with Gasteiger partial charge in [0.25, 0.3) is 0 Å². The molecule has 1 aliphatic heterocycles. The molecule has 138 valence electrons. The lowest BCUT2D eigenvalue weighted by Crippen LogP contribution is -2.49. The van der Waals surface area contributed by atoms with Crippen LogP contribution in [0.25, 0.3) is 0 Å².